The van der Waals surface area contributed by atoms with Crippen molar-refractivity contribution in [1.29, 1.82) is 0 Å². The Balaban J connectivity index is 1.50. The lowest BCUT2D eigenvalue weighted by molar-refractivity contribution is 0.0390. The average Bonchev–Trinajstić information content (AvgIpc) is 3.64. The van der Waals surface area contributed by atoms with E-state index in [1.165, 1.54) is 41.1 Å². The molecule has 0 spiro atoms. The highest BCUT2D eigenvalue weighted by Gasteiger charge is 2.27. The molecule has 2 aromatic carbocycles. The molecular formula is C28H29N5O7S2. The van der Waals surface area contributed by atoms with Gasteiger partial charge in [-0.15, -0.1) is 11.3 Å². The maximum atomic E-state index is 13.6. The summed E-state index contributed by atoms with van der Waals surface area (Å²) in [4.78, 5) is 26.9. The number of thiophene rings is 1. The molecule has 0 unspecified atom stereocenters. The molecule has 0 aliphatic carbocycles. The number of nitrogens with zero attached hydrogens (tertiary/aromatic N) is 3. The standard InChI is InChI=1S/C28H29N5O7S2/c1-19-25(28(35)36)31-33(21-6-3-2-4-7-21)27(19)40-22-10-9-20(30-26(34)23-8-5-17-41-23)18-24(22)42(37,38)29-11-12-32-13-15-39-16-14-32/h2-10,17-18,29H,11-16H2,1H3,(H,30,34)(H,35,36). The van der Waals surface area contributed by atoms with E-state index in [-0.39, 0.29) is 45.9 Å². The minimum Gasteiger partial charge on any atom is -0.476 e. The highest BCUT2D eigenvalue weighted by atomic mass is 32.2. The van der Waals surface area contributed by atoms with E-state index in [1.54, 1.807) is 47.8 Å². The third kappa shape index (κ3) is 6.69. The first-order valence-corrected chi connectivity index (χ1v) is 15.4. The van der Waals surface area contributed by atoms with E-state index >= 15 is 0 Å². The van der Waals surface area contributed by atoms with Gasteiger partial charge in [0.25, 0.3) is 5.91 Å². The van der Waals surface area contributed by atoms with Crippen LogP contribution in [0.4, 0.5) is 5.69 Å². The summed E-state index contributed by atoms with van der Waals surface area (Å²) in [6.45, 7) is 4.74. The molecule has 220 valence electrons. The highest BCUT2D eigenvalue weighted by molar-refractivity contribution is 7.89. The minimum absolute atomic E-state index is 0.0405. The number of carbonyl (C=O) groups excluding carboxylic acids is 1. The van der Waals surface area contributed by atoms with Gasteiger partial charge >= 0.3 is 5.97 Å². The van der Waals surface area contributed by atoms with Crippen LogP contribution in [0.3, 0.4) is 0 Å². The SMILES string of the molecule is Cc1c(C(=O)O)nn(-c2ccccc2)c1Oc1ccc(NC(=O)c2cccs2)cc1S(=O)(=O)NCCN1CCOCC1. The van der Waals surface area contributed by atoms with Gasteiger partial charge in [0, 0.05) is 37.4 Å². The van der Waals surface area contributed by atoms with Crippen molar-refractivity contribution in [2.24, 2.45) is 0 Å². The fourth-order valence-corrected chi connectivity index (χ4v) is 6.16. The van der Waals surface area contributed by atoms with Crippen LogP contribution in [0.2, 0.25) is 0 Å². The smallest absolute Gasteiger partial charge is 0.356 e. The molecule has 14 heteroatoms. The second kappa shape index (κ2) is 12.8. The third-order valence-corrected chi connectivity index (χ3v) is 8.89. The molecular weight excluding hydrogens is 582 g/mol. The molecule has 12 nitrogen and oxygen atoms in total. The topological polar surface area (TPSA) is 152 Å². The van der Waals surface area contributed by atoms with Crippen LogP contribution in [0.5, 0.6) is 11.6 Å². The number of para-hydroxylation sites is 1. The molecule has 3 N–H and O–H groups in total. The summed E-state index contributed by atoms with van der Waals surface area (Å²) in [6.07, 6.45) is 0. The van der Waals surface area contributed by atoms with Crippen molar-refractivity contribution in [1.82, 2.24) is 19.4 Å². The van der Waals surface area contributed by atoms with Crippen molar-refractivity contribution in [3.05, 3.63) is 82.2 Å². The van der Waals surface area contributed by atoms with Crippen LogP contribution < -0.4 is 14.8 Å². The van der Waals surface area contributed by atoms with Crippen molar-refractivity contribution < 1.29 is 32.6 Å². The average molecular weight is 612 g/mol. The Hall–Kier alpha value is -4.08. The van der Waals surface area contributed by atoms with Gasteiger partial charge in [-0.05, 0) is 48.7 Å². The summed E-state index contributed by atoms with van der Waals surface area (Å²) in [6, 6.07) is 16.4. The molecule has 0 radical (unpaired) electrons. The monoisotopic (exact) mass is 611 g/mol. The van der Waals surface area contributed by atoms with E-state index < -0.39 is 16.0 Å². The number of rotatable bonds is 11. The Bertz CT molecular complexity index is 1670. The number of carboxylic acids is 1. The van der Waals surface area contributed by atoms with Gasteiger partial charge in [0.1, 0.15) is 10.6 Å². The van der Waals surface area contributed by atoms with E-state index in [0.29, 0.717) is 43.4 Å². The minimum atomic E-state index is -4.15. The molecule has 0 bridgehead atoms. The molecule has 0 saturated carbocycles. The van der Waals surface area contributed by atoms with Crippen LogP contribution in [0, 0.1) is 6.92 Å². The number of hydrogen-bond donors (Lipinski definition) is 3. The first kappa shape index (κ1) is 29.4. The van der Waals surface area contributed by atoms with Gasteiger partial charge in [-0.1, -0.05) is 24.3 Å². The number of morpholine rings is 1. The van der Waals surface area contributed by atoms with Crippen LogP contribution in [0.15, 0.2) is 70.9 Å². The second-order valence-electron chi connectivity index (χ2n) is 9.38. The Labute approximate surface area is 246 Å². The molecule has 1 aliphatic rings. The van der Waals surface area contributed by atoms with Gasteiger partial charge < -0.3 is 19.9 Å². The molecule has 0 atom stereocenters. The number of aromatic carboxylic acids is 1. The number of nitrogens with one attached hydrogen (secondary N) is 2. The zero-order valence-electron chi connectivity index (χ0n) is 22.6. The van der Waals surface area contributed by atoms with Crippen molar-refractivity contribution in [3.8, 4) is 17.3 Å². The number of benzene rings is 2. The Morgan fingerprint density at radius 2 is 1.86 bits per heavy atom. The summed E-state index contributed by atoms with van der Waals surface area (Å²) in [5, 5.41) is 18.4. The van der Waals surface area contributed by atoms with Crippen LogP contribution in [0.1, 0.15) is 25.7 Å². The van der Waals surface area contributed by atoms with Gasteiger partial charge in [-0.2, -0.15) is 9.78 Å². The fraction of sp³-hybridized carbons (Fsp3) is 0.250. The summed E-state index contributed by atoms with van der Waals surface area (Å²) in [5.41, 5.74) is 0.747. The maximum absolute atomic E-state index is 13.6. The number of sulfonamides is 1. The van der Waals surface area contributed by atoms with E-state index in [1.807, 2.05) is 0 Å². The second-order valence-corrected chi connectivity index (χ2v) is 12.1. The molecule has 3 heterocycles. The van der Waals surface area contributed by atoms with E-state index in [4.69, 9.17) is 9.47 Å². The fourth-order valence-electron chi connectivity index (χ4n) is 4.37. The van der Waals surface area contributed by atoms with Crippen molar-refractivity contribution in [2.45, 2.75) is 11.8 Å². The van der Waals surface area contributed by atoms with E-state index in [2.05, 4.69) is 20.0 Å². The quantitative estimate of drug-likeness (QED) is 0.231. The number of aromatic nitrogens is 2. The summed E-state index contributed by atoms with van der Waals surface area (Å²) in [5.74, 6) is -1.67. The molecule has 1 fully saturated rings. The summed E-state index contributed by atoms with van der Waals surface area (Å²) in [7, 11) is -4.15. The lowest BCUT2D eigenvalue weighted by atomic mass is 10.2. The van der Waals surface area contributed by atoms with Crippen molar-refractivity contribution >= 4 is 38.9 Å². The van der Waals surface area contributed by atoms with Gasteiger partial charge in [0.15, 0.2) is 5.69 Å². The Morgan fingerprint density at radius 3 is 2.55 bits per heavy atom. The molecule has 4 aromatic rings. The first-order chi connectivity index (χ1) is 20.2. The highest BCUT2D eigenvalue weighted by Crippen LogP contribution is 2.35. The summed E-state index contributed by atoms with van der Waals surface area (Å²) < 4.78 is 42.7. The number of hydrogen-bond acceptors (Lipinski definition) is 9. The largest absolute Gasteiger partial charge is 0.476 e. The molecule has 1 aliphatic heterocycles. The molecule has 1 amide bonds. The van der Waals surface area contributed by atoms with Gasteiger partial charge in [-0.25, -0.2) is 17.9 Å². The number of anilines is 1. The number of carbonyl (C=O) groups is 2. The number of ether oxygens (including phenoxy) is 2. The summed E-state index contributed by atoms with van der Waals surface area (Å²) >= 11 is 1.26. The lowest BCUT2D eigenvalue weighted by Gasteiger charge is -2.26. The Morgan fingerprint density at radius 1 is 1.10 bits per heavy atom. The molecule has 1 saturated heterocycles. The zero-order valence-corrected chi connectivity index (χ0v) is 24.3. The molecule has 42 heavy (non-hydrogen) atoms. The van der Waals surface area contributed by atoms with Crippen molar-refractivity contribution in [2.75, 3.05) is 44.7 Å². The van der Waals surface area contributed by atoms with Crippen LogP contribution in [-0.2, 0) is 14.8 Å². The van der Waals surface area contributed by atoms with E-state index in [0.717, 1.165) is 0 Å². The van der Waals surface area contributed by atoms with Crippen molar-refractivity contribution in [3.63, 3.8) is 0 Å². The third-order valence-electron chi connectivity index (χ3n) is 6.54. The van der Waals surface area contributed by atoms with Gasteiger partial charge in [-0.3, -0.25) is 9.69 Å². The normalized spacial score (nSPS) is 14.0. The van der Waals surface area contributed by atoms with Gasteiger partial charge in [0.2, 0.25) is 15.9 Å². The maximum Gasteiger partial charge on any atom is 0.356 e. The number of amides is 1. The zero-order chi connectivity index (χ0) is 29.7. The predicted molar refractivity (Wildman–Crippen MR) is 156 cm³/mol. The van der Waals surface area contributed by atoms with Crippen LogP contribution in [-0.4, -0.2) is 79.5 Å². The van der Waals surface area contributed by atoms with Crippen LogP contribution >= 0.6 is 11.3 Å². The van der Waals surface area contributed by atoms with Crippen LogP contribution in [0.25, 0.3) is 5.69 Å². The Kier molecular flexibility index (Phi) is 8.99. The predicted octanol–water partition coefficient (Wildman–Crippen LogP) is 3.60. The molecule has 2 aromatic heterocycles. The molecule has 5 rings (SSSR count). The van der Waals surface area contributed by atoms with Gasteiger partial charge in [0.05, 0.1) is 23.8 Å². The van der Waals surface area contributed by atoms with E-state index in [9.17, 15) is 23.1 Å². The number of carboxylic acid groups (broad SMARTS) is 1. The first-order valence-electron chi connectivity index (χ1n) is 13.1. The lowest BCUT2D eigenvalue weighted by Crippen LogP contribution is -2.41.